The minimum absolute atomic E-state index is 0.0778. The molecule has 2 rings (SSSR count). The van der Waals surface area contributed by atoms with Crippen LogP contribution >= 0.6 is 15.9 Å². The van der Waals surface area contributed by atoms with Crippen molar-refractivity contribution in [2.75, 3.05) is 10.6 Å². The van der Waals surface area contributed by atoms with Gasteiger partial charge in [0.1, 0.15) is 16.0 Å². The summed E-state index contributed by atoms with van der Waals surface area (Å²) in [6, 6.07) is 5.96. The van der Waals surface area contributed by atoms with Gasteiger partial charge in [-0.2, -0.15) is 0 Å². The second-order valence-electron chi connectivity index (χ2n) is 5.94. The highest BCUT2D eigenvalue weighted by Gasteiger charge is 2.17. The van der Waals surface area contributed by atoms with E-state index in [4.69, 9.17) is 4.74 Å². The second kappa shape index (κ2) is 7.43. The highest BCUT2D eigenvalue weighted by atomic mass is 79.9. The average molecular weight is 410 g/mol. The molecule has 0 atom stereocenters. The molecule has 0 aromatic carbocycles. The number of halogens is 1. The molecule has 0 unspecified atom stereocenters. The highest BCUT2D eigenvalue weighted by Crippen LogP contribution is 2.27. The molecular formula is C15H16BrN5O4. The fraction of sp³-hybridized carbons (Fsp3) is 0.267. The fourth-order valence-corrected chi connectivity index (χ4v) is 2.06. The van der Waals surface area contributed by atoms with Crippen molar-refractivity contribution in [3.63, 3.8) is 0 Å². The van der Waals surface area contributed by atoms with E-state index in [1.165, 1.54) is 24.4 Å². The Kier molecular flexibility index (Phi) is 5.52. The van der Waals surface area contributed by atoms with Crippen molar-refractivity contribution in [1.29, 1.82) is 0 Å². The first-order chi connectivity index (χ1) is 11.6. The van der Waals surface area contributed by atoms with Crippen LogP contribution in [-0.2, 0) is 4.74 Å². The predicted molar refractivity (Wildman–Crippen MR) is 96.0 cm³/mol. The smallest absolute Gasteiger partial charge is 0.413 e. The maximum absolute atomic E-state index is 11.7. The van der Waals surface area contributed by atoms with E-state index in [9.17, 15) is 14.9 Å². The number of nitro groups is 1. The van der Waals surface area contributed by atoms with Gasteiger partial charge in [-0.05, 0) is 54.9 Å². The number of pyridine rings is 2. The Morgan fingerprint density at radius 3 is 2.56 bits per heavy atom. The Labute approximate surface area is 152 Å². The van der Waals surface area contributed by atoms with Gasteiger partial charge in [0.2, 0.25) is 5.82 Å². The minimum Gasteiger partial charge on any atom is -0.444 e. The van der Waals surface area contributed by atoms with Crippen LogP contribution < -0.4 is 10.6 Å². The molecule has 0 bridgehead atoms. The van der Waals surface area contributed by atoms with E-state index in [1.54, 1.807) is 26.8 Å². The zero-order chi connectivity index (χ0) is 18.6. The summed E-state index contributed by atoms with van der Waals surface area (Å²) in [5, 5.41) is 16.4. The van der Waals surface area contributed by atoms with Crippen LogP contribution in [-0.4, -0.2) is 26.6 Å². The Balaban J connectivity index is 2.10. The molecule has 0 fully saturated rings. The Hall–Kier alpha value is -2.75. The predicted octanol–water partition coefficient (Wildman–Crippen LogP) is 4.24. The van der Waals surface area contributed by atoms with E-state index in [1.807, 2.05) is 0 Å². The standard InChI is InChI=1S/C15H16BrN5O4/c1-15(2,3)25-14(22)20-12-7-4-9(8-17-12)18-13-10(21(23)24)5-6-11(16)19-13/h4-8H,1-3H3,(H,18,19)(H,17,20,22). The molecule has 2 N–H and O–H groups in total. The summed E-state index contributed by atoms with van der Waals surface area (Å²) < 4.78 is 5.58. The topological polar surface area (TPSA) is 119 Å². The third-order valence-corrected chi connectivity index (χ3v) is 3.13. The summed E-state index contributed by atoms with van der Waals surface area (Å²) in [6.45, 7) is 5.26. The number of rotatable bonds is 4. The molecule has 0 spiro atoms. The maximum atomic E-state index is 11.7. The van der Waals surface area contributed by atoms with Crippen LogP contribution in [0.2, 0.25) is 0 Å². The Morgan fingerprint density at radius 1 is 1.28 bits per heavy atom. The van der Waals surface area contributed by atoms with Gasteiger partial charge >= 0.3 is 11.8 Å². The number of carbonyl (C=O) groups excluding carboxylic acids is 1. The van der Waals surface area contributed by atoms with Gasteiger partial charge in [-0.1, -0.05) is 0 Å². The van der Waals surface area contributed by atoms with Crippen molar-refractivity contribution in [3.8, 4) is 0 Å². The molecule has 0 aliphatic carbocycles. The van der Waals surface area contributed by atoms with Crippen molar-refractivity contribution in [1.82, 2.24) is 9.97 Å². The van der Waals surface area contributed by atoms with E-state index in [-0.39, 0.29) is 17.3 Å². The van der Waals surface area contributed by atoms with E-state index in [2.05, 4.69) is 36.5 Å². The van der Waals surface area contributed by atoms with Crippen molar-refractivity contribution >= 4 is 45.0 Å². The van der Waals surface area contributed by atoms with Gasteiger partial charge in [0.05, 0.1) is 16.8 Å². The third kappa shape index (κ3) is 5.68. The number of hydrogen-bond acceptors (Lipinski definition) is 7. The third-order valence-electron chi connectivity index (χ3n) is 2.69. The first kappa shape index (κ1) is 18.6. The molecule has 0 aliphatic heterocycles. The zero-order valence-electron chi connectivity index (χ0n) is 13.7. The van der Waals surface area contributed by atoms with E-state index in [0.29, 0.717) is 10.3 Å². The molecule has 0 saturated carbocycles. The lowest BCUT2D eigenvalue weighted by atomic mass is 10.2. The van der Waals surface area contributed by atoms with Gasteiger partial charge in [0, 0.05) is 6.07 Å². The summed E-state index contributed by atoms with van der Waals surface area (Å²) in [7, 11) is 0. The van der Waals surface area contributed by atoms with Crippen molar-refractivity contribution in [2.45, 2.75) is 26.4 Å². The van der Waals surface area contributed by atoms with Crippen LogP contribution in [0.1, 0.15) is 20.8 Å². The van der Waals surface area contributed by atoms with Crippen LogP contribution in [0.3, 0.4) is 0 Å². The number of nitrogens with one attached hydrogen (secondary N) is 2. The van der Waals surface area contributed by atoms with Gasteiger partial charge in [0.25, 0.3) is 0 Å². The first-order valence-corrected chi connectivity index (χ1v) is 7.97. The Bertz CT molecular complexity index is 789. The van der Waals surface area contributed by atoms with Crippen LogP contribution in [0.25, 0.3) is 0 Å². The molecule has 9 nitrogen and oxygen atoms in total. The first-order valence-electron chi connectivity index (χ1n) is 7.18. The molecule has 0 aliphatic rings. The largest absolute Gasteiger partial charge is 0.444 e. The normalized spacial score (nSPS) is 10.9. The monoisotopic (exact) mass is 409 g/mol. The van der Waals surface area contributed by atoms with E-state index < -0.39 is 16.6 Å². The quantitative estimate of drug-likeness (QED) is 0.440. The number of amides is 1. The molecule has 1 amide bonds. The lowest BCUT2D eigenvalue weighted by molar-refractivity contribution is -0.384. The summed E-state index contributed by atoms with van der Waals surface area (Å²) in [6.07, 6.45) is 0.795. The number of aromatic nitrogens is 2. The molecular weight excluding hydrogens is 394 g/mol. The number of nitrogens with zero attached hydrogens (tertiary/aromatic N) is 3. The molecule has 2 aromatic rings. The van der Waals surface area contributed by atoms with Crippen molar-refractivity contribution in [3.05, 3.63) is 45.2 Å². The van der Waals surface area contributed by atoms with Gasteiger partial charge in [0.15, 0.2) is 0 Å². The second-order valence-corrected chi connectivity index (χ2v) is 6.76. The van der Waals surface area contributed by atoms with Crippen molar-refractivity contribution in [2.24, 2.45) is 0 Å². The average Bonchev–Trinajstić information content (AvgIpc) is 2.47. The molecule has 2 aromatic heterocycles. The summed E-state index contributed by atoms with van der Waals surface area (Å²) in [4.78, 5) is 30.3. The molecule has 2 heterocycles. The fourth-order valence-electron chi connectivity index (χ4n) is 1.75. The Morgan fingerprint density at radius 2 is 2.00 bits per heavy atom. The molecule has 0 radical (unpaired) electrons. The van der Waals surface area contributed by atoms with Gasteiger partial charge < -0.3 is 10.1 Å². The van der Waals surface area contributed by atoms with Crippen LogP contribution in [0, 0.1) is 10.1 Å². The van der Waals surface area contributed by atoms with Crippen LogP contribution in [0.4, 0.5) is 27.8 Å². The maximum Gasteiger partial charge on any atom is 0.413 e. The highest BCUT2D eigenvalue weighted by molar-refractivity contribution is 9.10. The van der Waals surface area contributed by atoms with Gasteiger partial charge in [-0.3, -0.25) is 15.4 Å². The summed E-state index contributed by atoms with van der Waals surface area (Å²) in [5.74, 6) is 0.366. The van der Waals surface area contributed by atoms with E-state index in [0.717, 1.165) is 0 Å². The number of anilines is 3. The van der Waals surface area contributed by atoms with Crippen molar-refractivity contribution < 1.29 is 14.5 Å². The molecule has 132 valence electrons. The minimum atomic E-state index is -0.620. The van der Waals surface area contributed by atoms with Gasteiger partial charge in [-0.15, -0.1) is 0 Å². The number of ether oxygens (including phenoxy) is 1. The number of hydrogen-bond donors (Lipinski definition) is 2. The van der Waals surface area contributed by atoms with Crippen LogP contribution in [0.15, 0.2) is 35.1 Å². The SMILES string of the molecule is CC(C)(C)OC(=O)Nc1ccc(Nc2nc(Br)ccc2[N+](=O)[O-])cn1. The van der Waals surface area contributed by atoms with E-state index >= 15 is 0 Å². The zero-order valence-corrected chi connectivity index (χ0v) is 15.3. The summed E-state index contributed by atoms with van der Waals surface area (Å²) in [5.41, 5.74) is -0.306. The molecule has 10 heteroatoms. The molecule has 25 heavy (non-hydrogen) atoms. The van der Waals surface area contributed by atoms with Crippen LogP contribution in [0.5, 0.6) is 0 Å². The number of carbonyl (C=O) groups is 1. The molecule has 0 saturated heterocycles. The lowest BCUT2D eigenvalue weighted by Crippen LogP contribution is -2.27. The summed E-state index contributed by atoms with van der Waals surface area (Å²) >= 11 is 3.17. The lowest BCUT2D eigenvalue weighted by Gasteiger charge is -2.19. The van der Waals surface area contributed by atoms with Gasteiger partial charge in [-0.25, -0.2) is 14.8 Å².